The third-order valence-corrected chi connectivity index (χ3v) is 4.07. The lowest BCUT2D eigenvalue weighted by molar-refractivity contribution is -0.135. The molecule has 26 heavy (non-hydrogen) atoms. The molecular formula is C19H20O7. The van der Waals surface area contributed by atoms with Crippen LogP contribution in [0.5, 0.6) is 34.5 Å². The van der Waals surface area contributed by atoms with Crippen molar-refractivity contribution in [3.63, 3.8) is 0 Å². The molecule has 2 aromatic rings. The zero-order chi connectivity index (χ0) is 18.7. The molecule has 0 aromatic heterocycles. The summed E-state index contributed by atoms with van der Waals surface area (Å²) in [5.41, 5.74) is 0.759. The molecule has 138 valence electrons. The maximum absolute atomic E-state index is 12.3. The summed E-state index contributed by atoms with van der Waals surface area (Å²) >= 11 is 0. The summed E-state index contributed by atoms with van der Waals surface area (Å²) in [6.45, 7) is 0. The summed E-state index contributed by atoms with van der Waals surface area (Å²) in [4.78, 5) is 12.3. The Bertz CT molecular complexity index is 816. The number of ether oxygens (including phenoxy) is 6. The largest absolute Gasteiger partial charge is 0.496 e. The van der Waals surface area contributed by atoms with Crippen molar-refractivity contribution < 1.29 is 33.2 Å². The van der Waals surface area contributed by atoms with Crippen LogP contribution in [-0.4, -0.2) is 34.4 Å². The second-order valence-electron chi connectivity index (χ2n) is 5.56. The molecule has 3 rings (SSSR count). The van der Waals surface area contributed by atoms with Gasteiger partial charge in [-0.1, -0.05) is 6.07 Å². The standard InChI is InChI=1S/C19H20O7/c1-21-12-8-16(24-4)19-17(9-12)25-14(10-18(20)26-19)11-5-6-13(22-2)15(7-11)23-3/h5-9,14H,10H2,1-4H3/t14-/m0/s1. The second kappa shape index (κ2) is 7.43. The lowest BCUT2D eigenvalue weighted by Crippen LogP contribution is -2.13. The molecule has 7 heteroatoms. The number of hydrogen-bond acceptors (Lipinski definition) is 7. The van der Waals surface area contributed by atoms with Gasteiger partial charge >= 0.3 is 5.97 Å². The van der Waals surface area contributed by atoms with Gasteiger partial charge < -0.3 is 28.4 Å². The number of hydrogen-bond donors (Lipinski definition) is 0. The summed E-state index contributed by atoms with van der Waals surface area (Å²) in [5.74, 6) is 2.22. The third-order valence-electron chi connectivity index (χ3n) is 4.07. The van der Waals surface area contributed by atoms with Crippen LogP contribution in [0.4, 0.5) is 0 Å². The molecular weight excluding hydrogens is 340 g/mol. The Morgan fingerprint density at radius 2 is 1.62 bits per heavy atom. The smallest absolute Gasteiger partial charge is 0.315 e. The molecule has 7 nitrogen and oxygen atoms in total. The summed E-state index contributed by atoms with van der Waals surface area (Å²) in [6, 6.07) is 8.65. The second-order valence-corrected chi connectivity index (χ2v) is 5.56. The van der Waals surface area contributed by atoms with Crippen molar-refractivity contribution in [1.82, 2.24) is 0 Å². The van der Waals surface area contributed by atoms with Crippen molar-refractivity contribution in [3.05, 3.63) is 35.9 Å². The Balaban J connectivity index is 2.02. The van der Waals surface area contributed by atoms with E-state index in [0.29, 0.717) is 28.7 Å². The van der Waals surface area contributed by atoms with Crippen LogP contribution in [-0.2, 0) is 4.79 Å². The summed E-state index contributed by atoms with van der Waals surface area (Å²) in [5, 5.41) is 0. The van der Waals surface area contributed by atoms with Crippen LogP contribution in [0.3, 0.4) is 0 Å². The minimum Gasteiger partial charge on any atom is -0.496 e. The molecule has 1 atom stereocenters. The number of fused-ring (bicyclic) bond motifs is 1. The van der Waals surface area contributed by atoms with E-state index in [1.807, 2.05) is 6.07 Å². The van der Waals surface area contributed by atoms with Gasteiger partial charge in [0, 0.05) is 12.1 Å². The number of benzene rings is 2. The molecule has 1 aliphatic rings. The van der Waals surface area contributed by atoms with Crippen LogP contribution in [0.25, 0.3) is 0 Å². The van der Waals surface area contributed by atoms with E-state index in [0.717, 1.165) is 5.56 Å². The monoisotopic (exact) mass is 360 g/mol. The molecule has 0 saturated heterocycles. The van der Waals surface area contributed by atoms with Gasteiger partial charge in [0.1, 0.15) is 11.9 Å². The molecule has 0 unspecified atom stereocenters. The average Bonchev–Trinajstić information content (AvgIpc) is 2.84. The van der Waals surface area contributed by atoms with Crippen molar-refractivity contribution in [3.8, 4) is 34.5 Å². The van der Waals surface area contributed by atoms with Crippen molar-refractivity contribution in [2.75, 3.05) is 28.4 Å². The van der Waals surface area contributed by atoms with E-state index in [2.05, 4.69) is 0 Å². The summed E-state index contributed by atoms with van der Waals surface area (Å²) in [6.07, 6.45) is -0.518. The first-order valence-corrected chi connectivity index (χ1v) is 7.94. The van der Waals surface area contributed by atoms with Gasteiger partial charge in [-0.3, -0.25) is 4.79 Å². The fraction of sp³-hybridized carbons (Fsp3) is 0.316. The minimum atomic E-state index is -0.555. The molecule has 0 amide bonds. The molecule has 0 spiro atoms. The Kier molecular flexibility index (Phi) is 5.06. The molecule has 0 radical (unpaired) electrons. The van der Waals surface area contributed by atoms with E-state index in [9.17, 15) is 4.79 Å². The van der Waals surface area contributed by atoms with E-state index >= 15 is 0 Å². The van der Waals surface area contributed by atoms with Crippen molar-refractivity contribution in [2.24, 2.45) is 0 Å². The van der Waals surface area contributed by atoms with E-state index in [4.69, 9.17) is 28.4 Å². The zero-order valence-electron chi connectivity index (χ0n) is 15.0. The molecule has 2 aromatic carbocycles. The maximum Gasteiger partial charge on any atom is 0.315 e. The highest BCUT2D eigenvalue weighted by Gasteiger charge is 2.29. The van der Waals surface area contributed by atoms with Gasteiger partial charge in [-0.25, -0.2) is 0 Å². The Morgan fingerprint density at radius 3 is 2.27 bits per heavy atom. The molecule has 0 saturated carbocycles. The van der Waals surface area contributed by atoms with Crippen molar-refractivity contribution >= 4 is 5.97 Å². The number of carbonyl (C=O) groups excluding carboxylic acids is 1. The average molecular weight is 360 g/mol. The number of carbonyl (C=O) groups is 1. The van der Waals surface area contributed by atoms with E-state index in [1.54, 1.807) is 38.5 Å². The lowest BCUT2D eigenvalue weighted by atomic mass is 10.1. The molecule has 1 aliphatic heterocycles. The quantitative estimate of drug-likeness (QED) is 0.599. The van der Waals surface area contributed by atoms with Crippen LogP contribution in [0.2, 0.25) is 0 Å². The zero-order valence-corrected chi connectivity index (χ0v) is 15.0. The molecule has 0 N–H and O–H groups in total. The van der Waals surface area contributed by atoms with Crippen molar-refractivity contribution in [1.29, 1.82) is 0 Å². The first kappa shape index (κ1) is 17.7. The molecule has 0 bridgehead atoms. The molecule has 0 aliphatic carbocycles. The van der Waals surface area contributed by atoms with Crippen LogP contribution >= 0.6 is 0 Å². The molecule has 0 fully saturated rings. The fourth-order valence-corrected chi connectivity index (χ4v) is 2.75. The number of methoxy groups -OCH3 is 4. The van der Waals surface area contributed by atoms with E-state index in [-0.39, 0.29) is 12.2 Å². The van der Waals surface area contributed by atoms with Gasteiger partial charge in [-0.2, -0.15) is 0 Å². The lowest BCUT2D eigenvalue weighted by Gasteiger charge is -2.18. The first-order chi connectivity index (χ1) is 12.6. The van der Waals surface area contributed by atoms with Gasteiger partial charge in [0.05, 0.1) is 34.9 Å². The maximum atomic E-state index is 12.3. The molecule has 1 heterocycles. The SMILES string of the molecule is COc1cc(OC)c2c(c1)O[C@H](c1ccc(OC)c(OC)c1)CC(=O)O2. The number of esters is 1. The Morgan fingerprint density at radius 1 is 0.885 bits per heavy atom. The Labute approximate surface area is 151 Å². The van der Waals surface area contributed by atoms with Crippen LogP contribution < -0.4 is 28.4 Å². The predicted molar refractivity (Wildman–Crippen MR) is 92.7 cm³/mol. The van der Waals surface area contributed by atoms with Gasteiger partial charge in [-0.05, 0) is 17.7 Å². The van der Waals surface area contributed by atoms with Crippen LogP contribution in [0.1, 0.15) is 18.1 Å². The van der Waals surface area contributed by atoms with Crippen LogP contribution in [0.15, 0.2) is 30.3 Å². The third kappa shape index (κ3) is 3.33. The Hall–Kier alpha value is -3.09. The van der Waals surface area contributed by atoms with Gasteiger partial charge in [0.25, 0.3) is 0 Å². The van der Waals surface area contributed by atoms with E-state index < -0.39 is 12.1 Å². The van der Waals surface area contributed by atoms with E-state index in [1.165, 1.54) is 14.2 Å². The first-order valence-electron chi connectivity index (χ1n) is 7.94. The number of rotatable bonds is 5. The highest BCUT2D eigenvalue weighted by atomic mass is 16.6. The predicted octanol–water partition coefficient (Wildman–Crippen LogP) is 3.15. The van der Waals surface area contributed by atoms with Gasteiger partial charge in [0.15, 0.2) is 23.0 Å². The highest BCUT2D eigenvalue weighted by Crippen LogP contribution is 2.46. The minimum absolute atomic E-state index is 0.0373. The van der Waals surface area contributed by atoms with Crippen molar-refractivity contribution in [2.45, 2.75) is 12.5 Å². The van der Waals surface area contributed by atoms with Crippen LogP contribution in [0, 0.1) is 0 Å². The highest BCUT2D eigenvalue weighted by molar-refractivity contribution is 5.77. The summed E-state index contributed by atoms with van der Waals surface area (Å²) < 4.78 is 32.6. The normalized spacial score (nSPS) is 15.8. The van der Waals surface area contributed by atoms with Gasteiger partial charge in [-0.15, -0.1) is 0 Å². The fourth-order valence-electron chi connectivity index (χ4n) is 2.75. The topological polar surface area (TPSA) is 72.5 Å². The van der Waals surface area contributed by atoms with Gasteiger partial charge in [0.2, 0.25) is 5.75 Å². The summed E-state index contributed by atoms with van der Waals surface area (Å²) in [7, 11) is 6.13.